The van der Waals surface area contributed by atoms with Crippen molar-refractivity contribution in [1.29, 1.82) is 0 Å². The summed E-state index contributed by atoms with van der Waals surface area (Å²) in [4.78, 5) is 27.8. The standard InChI is InChI=1S/C25H22FN5O4/c1-17-2-11-24(35-17)22-16-23(30(27-22)20-5-3-18(26)4-6-20)25(32)29-14-12-28(13-15-29)19-7-9-21(10-8-19)31(33)34/h2-11,16H,12-15H2,1H3. The average molecular weight is 475 g/mol. The largest absolute Gasteiger partial charge is 0.460 e. The molecule has 0 saturated carbocycles. The van der Waals surface area contributed by atoms with Gasteiger partial charge >= 0.3 is 0 Å². The molecule has 9 nitrogen and oxygen atoms in total. The number of furan rings is 1. The zero-order valence-electron chi connectivity index (χ0n) is 18.9. The van der Waals surface area contributed by atoms with Crippen LogP contribution in [0.4, 0.5) is 15.8 Å². The minimum absolute atomic E-state index is 0.0409. The van der Waals surface area contributed by atoms with Crippen LogP contribution in [0.3, 0.4) is 0 Å². The van der Waals surface area contributed by atoms with Crippen LogP contribution in [0.25, 0.3) is 17.1 Å². The minimum atomic E-state index is -0.428. The molecule has 0 unspecified atom stereocenters. The van der Waals surface area contributed by atoms with Gasteiger partial charge in [0, 0.05) is 50.1 Å². The van der Waals surface area contributed by atoms with Crippen LogP contribution < -0.4 is 4.90 Å². The Morgan fingerprint density at radius 2 is 1.63 bits per heavy atom. The number of nitro groups is 1. The summed E-state index contributed by atoms with van der Waals surface area (Å²) < 4.78 is 20.7. The minimum Gasteiger partial charge on any atom is -0.460 e. The van der Waals surface area contributed by atoms with E-state index in [-0.39, 0.29) is 17.4 Å². The molecule has 1 aliphatic rings. The van der Waals surface area contributed by atoms with Crippen molar-refractivity contribution in [2.75, 3.05) is 31.1 Å². The highest BCUT2D eigenvalue weighted by Gasteiger charge is 2.27. The van der Waals surface area contributed by atoms with Crippen molar-refractivity contribution < 1.29 is 18.5 Å². The van der Waals surface area contributed by atoms with Gasteiger partial charge in [0.1, 0.15) is 23.0 Å². The molecule has 2 aromatic heterocycles. The van der Waals surface area contributed by atoms with Crippen LogP contribution in [0.5, 0.6) is 0 Å². The maximum absolute atomic E-state index is 13.5. The Hall–Kier alpha value is -4.47. The Kier molecular flexibility index (Phi) is 5.77. The Balaban J connectivity index is 1.38. The van der Waals surface area contributed by atoms with E-state index in [0.29, 0.717) is 49.0 Å². The van der Waals surface area contributed by atoms with Crippen LogP contribution in [0, 0.1) is 22.9 Å². The number of anilines is 1. The van der Waals surface area contributed by atoms with Gasteiger partial charge in [-0.15, -0.1) is 0 Å². The second-order valence-corrected chi connectivity index (χ2v) is 8.27. The number of non-ortho nitro benzene ring substituents is 1. The van der Waals surface area contributed by atoms with Crippen LogP contribution in [-0.2, 0) is 0 Å². The highest BCUT2D eigenvalue weighted by molar-refractivity contribution is 5.94. The summed E-state index contributed by atoms with van der Waals surface area (Å²) in [6, 6.07) is 17.5. The third kappa shape index (κ3) is 4.50. The molecule has 0 bridgehead atoms. The summed E-state index contributed by atoms with van der Waals surface area (Å²) in [6.45, 7) is 3.94. The third-order valence-corrected chi connectivity index (χ3v) is 5.99. The van der Waals surface area contributed by atoms with Crippen molar-refractivity contribution in [3.05, 3.63) is 94.1 Å². The van der Waals surface area contributed by atoms with E-state index in [0.717, 1.165) is 11.4 Å². The molecule has 0 aliphatic carbocycles. The fraction of sp³-hybridized carbons (Fsp3) is 0.200. The number of hydrogen-bond acceptors (Lipinski definition) is 6. The number of hydrogen-bond donors (Lipinski definition) is 0. The van der Waals surface area contributed by atoms with Crippen molar-refractivity contribution >= 4 is 17.3 Å². The summed E-state index contributed by atoms with van der Waals surface area (Å²) in [5.41, 5.74) is 2.34. The molecule has 2 aromatic carbocycles. The third-order valence-electron chi connectivity index (χ3n) is 5.99. The van der Waals surface area contributed by atoms with Gasteiger partial charge in [-0.05, 0) is 55.5 Å². The lowest BCUT2D eigenvalue weighted by molar-refractivity contribution is -0.384. The number of benzene rings is 2. The lowest BCUT2D eigenvalue weighted by Crippen LogP contribution is -2.49. The number of amides is 1. The molecule has 10 heteroatoms. The van der Waals surface area contributed by atoms with Crippen molar-refractivity contribution in [1.82, 2.24) is 14.7 Å². The molecule has 4 aromatic rings. The van der Waals surface area contributed by atoms with E-state index in [9.17, 15) is 19.3 Å². The van der Waals surface area contributed by atoms with E-state index >= 15 is 0 Å². The molecule has 0 atom stereocenters. The summed E-state index contributed by atoms with van der Waals surface area (Å²) in [5.74, 6) is 0.699. The maximum Gasteiger partial charge on any atom is 0.272 e. The number of halogens is 1. The van der Waals surface area contributed by atoms with Gasteiger partial charge in [-0.3, -0.25) is 14.9 Å². The normalized spacial score (nSPS) is 13.8. The van der Waals surface area contributed by atoms with Gasteiger partial charge in [0.15, 0.2) is 5.76 Å². The summed E-state index contributed by atoms with van der Waals surface area (Å²) in [7, 11) is 0. The Morgan fingerprint density at radius 1 is 0.971 bits per heavy atom. The first-order valence-corrected chi connectivity index (χ1v) is 11.1. The van der Waals surface area contributed by atoms with Crippen molar-refractivity contribution in [3.8, 4) is 17.1 Å². The number of piperazine rings is 1. The number of rotatable bonds is 5. The molecule has 1 saturated heterocycles. The number of nitrogens with zero attached hydrogens (tertiary/aromatic N) is 5. The SMILES string of the molecule is Cc1ccc(-c2cc(C(=O)N3CCN(c4ccc([N+](=O)[O-])cc4)CC3)n(-c3ccc(F)cc3)n2)o1. The Labute approximate surface area is 200 Å². The number of aryl methyl sites for hydroxylation is 1. The van der Waals surface area contributed by atoms with E-state index in [1.54, 1.807) is 41.3 Å². The van der Waals surface area contributed by atoms with E-state index < -0.39 is 4.92 Å². The van der Waals surface area contributed by atoms with E-state index in [1.807, 2.05) is 13.0 Å². The van der Waals surface area contributed by atoms with E-state index in [1.165, 1.54) is 28.9 Å². The Bertz CT molecular complexity index is 1370. The van der Waals surface area contributed by atoms with Gasteiger partial charge in [-0.1, -0.05) is 0 Å². The number of nitro benzene ring substituents is 1. The zero-order chi connectivity index (χ0) is 24.5. The monoisotopic (exact) mass is 475 g/mol. The first kappa shape index (κ1) is 22.3. The molecular weight excluding hydrogens is 453 g/mol. The summed E-state index contributed by atoms with van der Waals surface area (Å²) in [5, 5.41) is 15.5. The highest BCUT2D eigenvalue weighted by atomic mass is 19.1. The molecule has 3 heterocycles. The van der Waals surface area contributed by atoms with Crippen molar-refractivity contribution in [3.63, 3.8) is 0 Å². The van der Waals surface area contributed by atoms with Gasteiger partial charge in [-0.2, -0.15) is 5.10 Å². The van der Waals surface area contributed by atoms with Crippen LogP contribution in [-0.4, -0.2) is 51.7 Å². The summed E-state index contributed by atoms with van der Waals surface area (Å²) >= 11 is 0. The van der Waals surface area contributed by atoms with Gasteiger partial charge in [0.05, 0.1) is 10.6 Å². The predicted octanol–water partition coefficient (Wildman–Crippen LogP) is 4.45. The fourth-order valence-electron chi connectivity index (χ4n) is 4.12. The predicted molar refractivity (Wildman–Crippen MR) is 127 cm³/mol. The van der Waals surface area contributed by atoms with Crippen LogP contribution in [0.2, 0.25) is 0 Å². The molecule has 5 rings (SSSR count). The van der Waals surface area contributed by atoms with Crippen LogP contribution in [0.15, 0.2) is 71.1 Å². The molecule has 0 N–H and O–H groups in total. The average Bonchev–Trinajstić information content (AvgIpc) is 3.51. The van der Waals surface area contributed by atoms with Crippen LogP contribution >= 0.6 is 0 Å². The molecule has 1 fully saturated rings. The highest BCUT2D eigenvalue weighted by Crippen LogP contribution is 2.26. The van der Waals surface area contributed by atoms with Crippen molar-refractivity contribution in [2.24, 2.45) is 0 Å². The smallest absolute Gasteiger partial charge is 0.272 e. The van der Waals surface area contributed by atoms with E-state index in [2.05, 4.69) is 10.00 Å². The molecule has 178 valence electrons. The van der Waals surface area contributed by atoms with Crippen molar-refractivity contribution in [2.45, 2.75) is 6.92 Å². The number of aromatic nitrogens is 2. The second-order valence-electron chi connectivity index (χ2n) is 8.27. The number of carbonyl (C=O) groups is 1. The molecule has 0 spiro atoms. The Morgan fingerprint density at radius 3 is 2.23 bits per heavy atom. The molecule has 35 heavy (non-hydrogen) atoms. The summed E-state index contributed by atoms with van der Waals surface area (Å²) in [6.07, 6.45) is 0. The first-order valence-electron chi connectivity index (χ1n) is 11.1. The molecule has 0 radical (unpaired) electrons. The zero-order valence-corrected chi connectivity index (χ0v) is 18.9. The molecule has 1 aliphatic heterocycles. The molecule has 1 amide bonds. The van der Waals surface area contributed by atoms with Gasteiger partial charge in [0.2, 0.25) is 0 Å². The van der Waals surface area contributed by atoms with Crippen LogP contribution in [0.1, 0.15) is 16.2 Å². The number of carbonyl (C=O) groups excluding carboxylic acids is 1. The maximum atomic E-state index is 13.5. The topological polar surface area (TPSA) is 97.7 Å². The fourth-order valence-corrected chi connectivity index (χ4v) is 4.12. The van der Waals surface area contributed by atoms with Gasteiger partial charge < -0.3 is 14.2 Å². The molecular formula is C25H22FN5O4. The quantitative estimate of drug-likeness (QED) is 0.312. The first-order chi connectivity index (χ1) is 16.9. The van der Waals surface area contributed by atoms with E-state index in [4.69, 9.17) is 4.42 Å². The lowest BCUT2D eigenvalue weighted by atomic mass is 10.2. The lowest BCUT2D eigenvalue weighted by Gasteiger charge is -2.36. The van der Waals surface area contributed by atoms with Gasteiger partial charge in [-0.25, -0.2) is 9.07 Å². The van der Waals surface area contributed by atoms with Gasteiger partial charge in [0.25, 0.3) is 11.6 Å². The second kappa shape index (κ2) is 9.05.